The minimum atomic E-state index is 0.465. The first kappa shape index (κ1) is 18.7. The standard InChI is InChI=1S/C20H26N6O/c1-3-21-20(22-11-7-10-17-12-24-26-15(17)2)23-13-18-14-27-19(25-18)16-8-5-4-6-9-16/h4-6,8-9,12,14H,3,7,10-11,13H2,1-2H3,(H,24,26)(H2,21,22,23). The van der Waals surface area contributed by atoms with Crippen molar-refractivity contribution in [2.45, 2.75) is 33.2 Å². The van der Waals surface area contributed by atoms with Crippen LogP contribution in [0.15, 0.2) is 52.2 Å². The number of guanidine groups is 1. The third kappa shape index (κ3) is 5.44. The van der Waals surface area contributed by atoms with Crippen LogP contribution in [0.4, 0.5) is 0 Å². The molecule has 27 heavy (non-hydrogen) atoms. The number of hydrogen-bond acceptors (Lipinski definition) is 4. The Morgan fingerprint density at radius 1 is 1.22 bits per heavy atom. The van der Waals surface area contributed by atoms with E-state index in [-0.39, 0.29) is 0 Å². The molecular weight excluding hydrogens is 340 g/mol. The molecule has 0 aliphatic rings. The fraction of sp³-hybridized carbons (Fsp3) is 0.350. The van der Waals surface area contributed by atoms with E-state index >= 15 is 0 Å². The summed E-state index contributed by atoms with van der Waals surface area (Å²) >= 11 is 0. The highest BCUT2D eigenvalue weighted by atomic mass is 16.3. The Kier molecular flexibility index (Phi) is 6.62. The Hall–Kier alpha value is -3.09. The lowest BCUT2D eigenvalue weighted by atomic mass is 10.1. The molecule has 3 aromatic rings. The number of H-pyrrole nitrogens is 1. The van der Waals surface area contributed by atoms with Gasteiger partial charge in [-0.3, -0.25) is 5.10 Å². The van der Waals surface area contributed by atoms with Gasteiger partial charge in [0.15, 0.2) is 5.96 Å². The smallest absolute Gasteiger partial charge is 0.226 e. The Morgan fingerprint density at radius 3 is 2.81 bits per heavy atom. The summed E-state index contributed by atoms with van der Waals surface area (Å²) in [7, 11) is 0. The van der Waals surface area contributed by atoms with Crippen molar-refractivity contribution >= 4 is 5.96 Å². The molecule has 3 N–H and O–H groups in total. The second-order valence-electron chi connectivity index (χ2n) is 6.26. The van der Waals surface area contributed by atoms with Gasteiger partial charge in [-0.15, -0.1) is 0 Å². The summed E-state index contributed by atoms with van der Waals surface area (Å²) in [5.74, 6) is 1.40. The molecule has 0 saturated heterocycles. The number of nitrogens with zero attached hydrogens (tertiary/aromatic N) is 3. The zero-order chi connectivity index (χ0) is 18.9. The van der Waals surface area contributed by atoms with E-state index in [1.807, 2.05) is 43.5 Å². The molecule has 7 heteroatoms. The number of aromatic amines is 1. The van der Waals surface area contributed by atoms with Crippen LogP contribution in [0.5, 0.6) is 0 Å². The van der Waals surface area contributed by atoms with Crippen molar-refractivity contribution in [3.63, 3.8) is 0 Å². The minimum Gasteiger partial charge on any atom is -0.444 e. The van der Waals surface area contributed by atoms with Gasteiger partial charge in [0.2, 0.25) is 5.89 Å². The number of oxazole rings is 1. The summed E-state index contributed by atoms with van der Waals surface area (Å²) in [6.45, 7) is 6.20. The van der Waals surface area contributed by atoms with Gasteiger partial charge in [-0.2, -0.15) is 5.10 Å². The molecule has 1 aromatic carbocycles. The first-order chi connectivity index (χ1) is 13.3. The van der Waals surface area contributed by atoms with Crippen LogP contribution >= 0.6 is 0 Å². The molecule has 3 rings (SSSR count). The lowest BCUT2D eigenvalue weighted by Gasteiger charge is -2.10. The van der Waals surface area contributed by atoms with Crippen molar-refractivity contribution in [2.24, 2.45) is 4.99 Å². The number of aryl methyl sites for hydroxylation is 2. The van der Waals surface area contributed by atoms with Crippen molar-refractivity contribution in [3.05, 3.63) is 59.7 Å². The average molecular weight is 366 g/mol. The molecule has 0 spiro atoms. The van der Waals surface area contributed by atoms with Gasteiger partial charge in [0.25, 0.3) is 0 Å². The van der Waals surface area contributed by atoms with Crippen LogP contribution in [0.25, 0.3) is 11.5 Å². The molecule has 7 nitrogen and oxygen atoms in total. The van der Waals surface area contributed by atoms with Crippen LogP contribution in [0.2, 0.25) is 0 Å². The van der Waals surface area contributed by atoms with Gasteiger partial charge >= 0.3 is 0 Å². The van der Waals surface area contributed by atoms with E-state index in [2.05, 4.69) is 37.7 Å². The van der Waals surface area contributed by atoms with Crippen LogP contribution in [0, 0.1) is 6.92 Å². The fourth-order valence-corrected chi connectivity index (χ4v) is 2.71. The maximum absolute atomic E-state index is 5.56. The van der Waals surface area contributed by atoms with Gasteiger partial charge in [-0.25, -0.2) is 9.98 Å². The van der Waals surface area contributed by atoms with E-state index in [0.29, 0.717) is 12.4 Å². The number of aliphatic imine (C=N–C) groups is 1. The molecule has 0 fully saturated rings. The zero-order valence-electron chi connectivity index (χ0n) is 15.8. The maximum atomic E-state index is 5.56. The zero-order valence-corrected chi connectivity index (χ0v) is 15.8. The van der Waals surface area contributed by atoms with Gasteiger partial charge in [0.1, 0.15) is 12.0 Å². The number of rotatable bonds is 8. The number of benzene rings is 1. The van der Waals surface area contributed by atoms with E-state index < -0.39 is 0 Å². The van der Waals surface area contributed by atoms with Gasteiger partial charge in [0.05, 0.1) is 12.7 Å². The lowest BCUT2D eigenvalue weighted by Crippen LogP contribution is -2.37. The van der Waals surface area contributed by atoms with Crippen LogP contribution in [-0.2, 0) is 13.0 Å². The van der Waals surface area contributed by atoms with Gasteiger partial charge < -0.3 is 15.1 Å². The molecule has 142 valence electrons. The molecular formula is C20H26N6O. The largest absolute Gasteiger partial charge is 0.444 e. The third-order valence-corrected chi connectivity index (χ3v) is 4.17. The van der Waals surface area contributed by atoms with E-state index in [4.69, 9.17) is 4.42 Å². The van der Waals surface area contributed by atoms with E-state index in [0.717, 1.165) is 48.8 Å². The molecule has 0 aliphatic carbocycles. The Bertz CT molecular complexity index is 852. The molecule has 0 bridgehead atoms. The van der Waals surface area contributed by atoms with Gasteiger partial charge in [0, 0.05) is 24.3 Å². The molecule has 0 atom stereocenters. The number of nitrogens with one attached hydrogen (secondary N) is 3. The molecule has 0 aliphatic heterocycles. The maximum Gasteiger partial charge on any atom is 0.226 e. The van der Waals surface area contributed by atoms with Crippen molar-refractivity contribution in [3.8, 4) is 11.5 Å². The fourth-order valence-electron chi connectivity index (χ4n) is 2.71. The summed E-state index contributed by atoms with van der Waals surface area (Å²) in [6, 6.07) is 9.86. The van der Waals surface area contributed by atoms with Crippen LogP contribution < -0.4 is 10.6 Å². The van der Waals surface area contributed by atoms with Crippen molar-refractivity contribution in [1.29, 1.82) is 0 Å². The number of hydrogen-bond donors (Lipinski definition) is 3. The summed E-state index contributed by atoms with van der Waals surface area (Å²) in [5.41, 5.74) is 4.16. The van der Waals surface area contributed by atoms with Gasteiger partial charge in [-0.05, 0) is 44.4 Å². The predicted octanol–water partition coefficient (Wildman–Crippen LogP) is 3.06. The Labute approximate surface area is 159 Å². The SMILES string of the molecule is CCNC(=NCc1coc(-c2ccccc2)n1)NCCCc1cn[nH]c1C. The molecule has 0 amide bonds. The van der Waals surface area contributed by atoms with E-state index in [9.17, 15) is 0 Å². The minimum absolute atomic E-state index is 0.465. The summed E-state index contributed by atoms with van der Waals surface area (Å²) in [5, 5.41) is 13.6. The Morgan fingerprint density at radius 2 is 2.07 bits per heavy atom. The van der Waals surface area contributed by atoms with E-state index in [1.54, 1.807) is 6.26 Å². The van der Waals surface area contributed by atoms with Crippen LogP contribution in [0.3, 0.4) is 0 Å². The molecule has 2 heterocycles. The highest BCUT2D eigenvalue weighted by Crippen LogP contribution is 2.18. The first-order valence-corrected chi connectivity index (χ1v) is 9.27. The highest BCUT2D eigenvalue weighted by Gasteiger charge is 2.06. The average Bonchev–Trinajstić information content (AvgIpc) is 3.33. The third-order valence-electron chi connectivity index (χ3n) is 4.17. The molecule has 2 aromatic heterocycles. The van der Waals surface area contributed by atoms with Crippen LogP contribution in [0.1, 0.15) is 30.3 Å². The van der Waals surface area contributed by atoms with Crippen molar-refractivity contribution < 1.29 is 4.42 Å². The van der Waals surface area contributed by atoms with Crippen molar-refractivity contribution in [1.82, 2.24) is 25.8 Å². The predicted molar refractivity (Wildman–Crippen MR) is 106 cm³/mol. The monoisotopic (exact) mass is 366 g/mol. The van der Waals surface area contributed by atoms with E-state index in [1.165, 1.54) is 5.56 Å². The van der Waals surface area contributed by atoms with Crippen LogP contribution in [-0.4, -0.2) is 34.2 Å². The lowest BCUT2D eigenvalue weighted by molar-refractivity contribution is 0.572. The quantitative estimate of drug-likeness (QED) is 0.324. The summed E-state index contributed by atoms with van der Waals surface area (Å²) in [6.07, 6.45) is 5.55. The summed E-state index contributed by atoms with van der Waals surface area (Å²) in [4.78, 5) is 9.11. The topological polar surface area (TPSA) is 91.1 Å². The summed E-state index contributed by atoms with van der Waals surface area (Å²) < 4.78 is 5.56. The molecule has 0 saturated carbocycles. The second-order valence-corrected chi connectivity index (χ2v) is 6.26. The molecule has 0 unspecified atom stereocenters. The highest BCUT2D eigenvalue weighted by molar-refractivity contribution is 5.79. The molecule has 0 radical (unpaired) electrons. The number of aromatic nitrogens is 3. The Balaban J connectivity index is 1.51. The second kappa shape index (κ2) is 9.56. The first-order valence-electron chi connectivity index (χ1n) is 9.27. The van der Waals surface area contributed by atoms with Crippen molar-refractivity contribution in [2.75, 3.05) is 13.1 Å². The van der Waals surface area contributed by atoms with Gasteiger partial charge in [-0.1, -0.05) is 18.2 Å². The normalized spacial score (nSPS) is 11.6.